The summed E-state index contributed by atoms with van der Waals surface area (Å²) in [5.41, 5.74) is 0. The highest BCUT2D eigenvalue weighted by atomic mass is 15.5. The van der Waals surface area contributed by atoms with E-state index < -0.39 is 0 Å². The van der Waals surface area contributed by atoms with E-state index in [-0.39, 0.29) is 0 Å². The average molecular weight is 122 g/mol. The second-order valence-electron chi connectivity index (χ2n) is 2.38. The summed E-state index contributed by atoms with van der Waals surface area (Å²) < 4.78 is 0. The van der Waals surface area contributed by atoms with Gasteiger partial charge in [0, 0.05) is 0 Å². The van der Waals surface area contributed by atoms with Crippen molar-refractivity contribution in [1.82, 2.24) is 15.0 Å². The largest absolute Gasteiger partial charge is 0.181 e. The predicted octanol–water partition coefficient (Wildman–Crippen LogP) is 0.803. The molecule has 0 bridgehead atoms. The molecule has 1 radical (unpaired) electrons. The van der Waals surface area contributed by atoms with Crippen molar-refractivity contribution in [3.8, 4) is 0 Å². The second kappa shape index (κ2) is 1.83. The molecule has 9 heavy (non-hydrogen) atoms. The van der Waals surface area contributed by atoms with Crippen LogP contribution in [0.2, 0.25) is 0 Å². The van der Waals surface area contributed by atoms with Crippen LogP contribution in [-0.4, -0.2) is 15.0 Å². The van der Waals surface area contributed by atoms with E-state index in [1.807, 2.05) is 0 Å². The van der Waals surface area contributed by atoms with Crippen LogP contribution in [0, 0.1) is 6.20 Å². The maximum absolute atomic E-state index is 3.99. The minimum atomic E-state index is 0.580. The lowest BCUT2D eigenvalue weighted by Crippen LogP contribution is -2.19. The SMILES string of the molecule is [c]1cnn(C2CCC2)n1. The zero-order valence-electron chi connectivity index (χ0n) is 5.12. The van der Waals surface area contributed by atoms with E-state index in [0.717, 1.165) is 0 Å². The van der Waals surface area contributed by atoms with Gasteiger partial charge in [-0.2, -0.15) is 15.0 Å². The fraction of sp³-hybridized carbons (Fsp3) is 0.667. The molecule has 1 saturated carbocycles. The third-order valence-electron chi connectivity index (χ3n) is 1.80. The fourth-order valence-corrected chi connectivity index (χ4v) is 0.989. The average Bonchev–Trinajstić information content (AvgIpc) is 2.11. The highest BCUT2D eigenvalue weighted by Gasteiger charge is 2.19. The van der Waals surface area contributed by atoms with E-state index in [4.69, 9.17) is 0 Å². The number of nitrogens with zero attached hydrogens (tertiary/aromatic N) is 3. The summed E-state index contributed by atoms with van der Waals surface area (Å²) in [4.78, 5) is 1.75. The van der Waals surface area contributed by atoms with Crippen LogP contribution in [-0.2, 0) is 0 Å². The Balaban J connectivity index is 2.14. The first-order valence-corrected chi connectivity index (χ1v) is 3.25. The van der Waals surface area contributed by atoms with Gasteiger partial charge in [0.1, 0.15) is 6.20 Å². The van der Waals surface area contributed by atoms with Crippen LogP contribution in [0.4, 0.5) is 0 Å². The topological polar surface area (TPSA) is 30.7 Å². The number of hydrogen-bond acceptors (Lipinski definition) is 2. The van der Waals surface area contributed by atoms with Crippen LogP contribution in [0.5, 0.6) is 0 Å². The molecule has 0 aliphatic heterocycles. The molecular formula is C6H8N3. The summed E-state index contributed by atoms with van der Waals surface area (Å²) in [6.45, 7) is 0. The van der Waals surface area contributed by atoms with Crippen molar-refractivity contribution in [2.75, 3.05) is 0 Å². The Morgan fingerprint density at radius 3 is 2.89 bits per heavy atom. The first-order valence-electron chi connectivity index (χ1n) is 3.25. The molecule has 1 aliphatic carbocycles. The van der Waals surface area contributed by atoms with Crippen molar-refractivity contribution in [1.29, 1.82) is 0 Å². The lowest BCUT2D eigenvalue weighted by atomic mass is 9.94. The van der Waals surface area contributed by atoms with E-state index in [0.29, 0.717) is 6.04 Å². The van der Waals surface area contributed by atoms with E-state index in [1.165, 1.54) is 19.3 Å². The van der Waals surface area contributed by atoms with Crippen molar-refractivity contribution >= 4 is 0 Å². The van der Waals surface area contributed by atoms with Crippen molar-refractivity contribution < 1.29 is 0 Å². The molecule has 0 spiro atoms. The summed E-state index contributed by atoms with van der Waals surface area (Å²) in [6.07, 6.45) is 8.09. The van der Waals surface area contributed by atoms with E-state index in [2.05, 4.69) is 16.4 Å². The molecule has 1 aromatic heterocycles. The van der Waals surface area contributed by atoms with Crippen LogP contribution < -0.4 is 0 Å². The molecule has 1 heterocycles. The lowest BCUT2D eigenvalue weighted by Gasteiger charge is -2.23. The molecule has 2 rings (SSSR count). The molecule has 0 amide bonds. The van der Waals surface area contributed by atoms with Gasteiger partial charge in [-0.1, -0.05) is 0 Å². The second-order valence-corrected chi connectivity index (χ2v) is 2.38. The maximum Gasteiger partial charge on any atom is 0.134 e. The molecule has 3 nitrogen and oxygen atoms in total. The number of hydrogen-bond donors (Lipinski definition) is 0. The van der Waals surface area contributed by atoms with Gasteiger partial charge in [-0.15, -0.1) is 0 Å². The van der Waals surface area contributed by atoms with E-state index in [1.54, 1.807) is 11.0 Å². The Bertz CT molecular complexity index is 176. The molecule has 0 aromatic carbocycles. The summed E-state index contributed by atoms with van der Waals surface area (Å²) in [5, 5.41) is 7.91. The van der Waals surface area contributed by atoms with Crippen LogP contribution >= 0.6 is 0 Å². The maximum atomic E-state index is 3.99. The van der Waals surface area contributed by atoms with Crippen molar-refractivity contribution in [2.45, 2.75) is 25.3 Å². The van der Waals surface area contributed by atoms with Crippen LogP contribution in [0.1, 0.15) is 25.3 Å². The van der Waals surface area contributed by atoms with Gasteiger partial charge in [0.25, 0.3) is 0 Å². The van der Waals surface area contributed by atoms with Gasteiger partial charge in [0.05, 0.1) is 12.2 Å². The first-order chi connectivity index (χ1) is 4.47. The van der Waals surface area contributed by atoms with Gasteiger partial charge in [0.2, 0.25) is 0 Å². The summed E-state index contributed by atoms with van der Waals surface area (Å²) in [7, 11) is 0. The van der Waals surface area contributed by atoms with E-state index in [9.17, 15) is 0 Å². The monoisotopic (exact) mass is 122 g/mol. The van der Waals surface area contributed by atoms with Crippen LogP contribution in [0.3, 0.4) is 0 Å². The minimum absolute atomic E-state index is 0.580. The predicted molar refractivity (Wildman–Crippen MR) is 31.7 cm³/mol. The quantitative estimate of drug-likeness (QED) is 0.551. The Labute approximate surface area is 53.7 Å². The van der Waals surface area contributed by atoms with E-state index >= 15 is 0 Å². The minimum Gasteiger partial charge on any atom is -0.181 e. The molecule has 1 aliphatic rings. The lowest BCUT2D eigenvalue weighted by molar-refractivity contribution is 0.261. The third-order valence-corrected chi connectivity index (χ3v) is 1.80. The van der Waals surface area contributed by atoms with Crippen molar-refractivity contribution in [3.63, 3.8) is 0 Å². The standard InChI is InChI=1S/C6H8N3/c1-2-6(3-1)9-7-4-5-8-9/h4,6H,1-3H2. The van der Waals surface area contributed by atoms with Gasteiger partial charge in [-0.05, 0) is 19.3 Å². The molecule has 0 unspecified atom stereocenters. The molecule has 47 valence electrons. The summed E-state index contributed by atoms with van der Waals surface area (Å²) >= 11 is 0. The molecule has 1 fully saturated rings. The Kier molecular flexibility index (Phi) is 1.01. The van der Waals surface area contributed by atoms with Gasteiger partial charge < -0.3 is 0 Å². The number of aromatic nitrogens is 3. The third kappa shape index (κ3) is 0.724. The summed E-state index contributed by atoms with van der Waals surface area (Å²) in [6, 6.07) is 0.580. The Morgan fingerprint density at radius 2 is 2.44 bits per heavy atom. The van der Waals surface area contributed by atoms with Gasteiger partial charge in [-0.3, -0.25) is 0 Å². The Hall–Kier alpha value is -0.860. The van der Waals surface area contributed by atoms with Gasteiger partial charge in [-0.25, -0.2) is 0 Å². The smallest absolute Gasteiger partial charge is 0.134 e. The highest BCUT2D eigenvalue weighted by Crippen LogP contribution is 2.29. The molecular weight excluding hydrogens is 114 g/mol. The molecule has 0 saturated heterocycles. The molecule has 0 N–H and O–H groups in total. The zero-order chi connectivity index (χ0) is 6.10. The Morgan fingerprint density at radius 1 is 1.56 bits per heavy atom. The molecule has 1 aromatic rings. The number of rotatable bonds is 1. The fourth-order valence-electron chi connectivity index (χ4n) is 0.989. The highest BCUT2D eigenvalue weighted by molar-refractivity contribution is 4.73. The van der Waals surface area contributed by atoms with Gasteiger partial charge >= 0.3 is 0 Å². The van der Waals surface area contributed by atoms with Crippen LogP contribution in [0.25, 0.3) is 0 Å². The van der Waals surface area contributed by atoms with Crippen LogP contribution in [0.15, 0.2) is 6.20 Å². The van der Waals surface area contributed by atoms with Crippen molar-refractivity contribution in [2.24, 2.45) is 0 Å². The van der Waals surface area contributed by atoms with Gasteiger partial charge in [0.15, 0.2) is 0 Å². The normalized spacial score (nSPS) is 19.6. The molecule has 0 atom stereocenters. The summed E-state index contributed by atoms with van der Waals surface area (Å²) in [5.74, 6) is 0. The first kappa shape index (κ1) is 4.97. The zero-order valence-corrected chi connectivity index (χ0v) is 5.12. The van der Waals surface area contributed by atoms with Crippen molar-refractivity contribution in [3.05, 3.63) is 12.4 Å². The molecule has 3 heteroatoms.